The number of ether oxygens (including phenoxy) is 2. The van der Waals surface area contributed by atoms with E-state index in [9.17, 15) is 9.18 Å². The van der Waals surface area contributed by atoms with Crippen LogP contribution in [-0.2, 0) is 11.2 Å². The van der Waals surface area contributed by atoms with E-state index in [1.54, 1.807) is 19.1 Å². The third kappa shape index (κ3) is 3.80. The largest absolute Gasteiger partial charge is 0.486 e. The van der Waals surface area contributed by atoms with Crippen molar-refractivity contribution in [3.8, 4) is 11.5 Å². The van der Waals surface area contributed by atoms with Crippen molar-refractivity contribution < 1.29 is 18.7 Å². The number of benzene rings is 2. The van der Waals surface area contributed by atoms with Crippen LogP contribution in [0, 0.1) is 12.7 Å². The summed E-state index contributed by atoms with van der Waals surface area (Å²) in [5, 5.41) is 2.71. The normalized spacial score (nSPS) is 12.8. The lowest BCUT2D eigenvalue weighted by atomic mass is 10.1. The topological polar surface area (TPSA) is 47.6 Å². The maximum Gasteiger partial charge on any atom is 0.224 e. The molecule has 2 aromatic rings. The molecule has 0 unspecified atom stereocenters. The standard InChI is InChI=1S/C18H18FNO3/c1-12-2-5-14(11-15(12)19)20-18(21)7-4-13-3-6-16-17(10-13)23-9-8-22-16/h2-3,5-6,10-11H,4,7-9H2,1H3,(H,20,21). The van der Waals surface area contributed by atoms with Crippen molar-refractivity contribution in [1.29, 1.82) is 0 Å². The van der Waals surface area contributed by atoms with Crippen LogP contribution < -0.4 is 14.8 Å². The van der Waals surface area contributed by atoms with E-state index < -0.39 is 0 Å². The summed E-state index contributed by atoms with van der Waals surface area (Å²) in [5.41, 5.74) is 2.03. The summed E-state index contributed by atoms with van der Waals surface area (Å²) < 4.78 is 24.5. The second kappa shape index (κ2) is 6.69. The van der Waals surface area contributed by atoms with Gasteiger partial charge in [0.25, 0.3) is 0 Å². The molecule has 0 spiro atoms. The van der Waals surface area contributed by atoms with Gasteiger partial charge in [-0.05, 0) is 48.7 Å². The van der Waals surface area contributed by atoms with Gasteiger partial charge < -0.3 is 14.8 Å². The molecule has 5 heteroatoms. The van der Waals surface area contributed by atoms with E-state index >= 15 is 0 Å². The highest BCUT2D eigenvalue weighted by Crippen LogP contribution is 2.31. The zero-order valence-corrected chi connectivity index (χ0v) is 12.9. The summed E-state index contributed by atoms with van der Waals surface area (Å²) in [6.07, 6.45) is 0.895. The van der Waals surface area contributed by atoms with Crippen molar-refractivity contribution in [1.82, 2.24) is 0 Å². The number of aryl methyl sites for hydroxylation is 2. The van der Waals surface area contributed by atoms with Crippen LogP contribution in [0.2, 0.25) is 0 Å². The first-order chi connectivity index (χ1) is 11.1. The number of halogens is 1. The van der Waals surface area contributed by atoms with E-state index in [2.05, 4.69) is 5.32 Å². The molecule has 1 N–H and O–H groups in total. The summed E-state index contributed by atoms with van der Waals surface area (Å²) in [6, 6.07) is 10.3. The average Bonchev–Trinajstić information content (AvgIpc) is 2.56. The Morgan fingerprint density at radius 3 is 2.70 bits per heavy atom. The molecule has 0 radical (unpaired) electrons. The van der Waals surface area contributed by atoms with Crippen LogP contribution >= 0.6 is 0 Å². The Hall–Kier alpha value is -2.56. The lowest BCUT2D eigenvalue weighted by Crippen LogP contribution is -2.16. The molecule has 23 heavy (non-hydrogen) atoms. The minimum atomic E-state index is -0.324. The Morgan fingerprint density at radius 2 is 1.91 bits per heavy atom. The van der Waals surface area contributed by atoms with Crippen LogP contribution in [0.1, 0.15) is 17.5 Å². The highest BCUT2D eigenvalue weighted by Gasteiger charge is 2.12. The van der Waals surface area contributed by atoms with Crippen molar-refractivity contribution in [2.45, 2.75) is 19.8 Å². The molecule has 0 aromatic heterocycles. The molecule has 0 atom stereocenters. The van der Waals surface area contributed by atoms with E-state index in [1.165, 1.54) is 6.07 Å². The molecule has 0 saturated heterocycles. The van der Waals surface area contributed by atoms with Gasteiger partial charge in [0.2, 0.25) is 5.91 Å². The van der Waals surface area contributed by atoms with E-state index in [1.807, 2.05) is 18.2 Å². The van der Waals surface area contributed by atoms with Crippen LogP contribution in [-0.4, -0.2) is 19.1 Å². The summed E-state index contributed by atoms with van der Waals surface area (Å²) in [6.45, 7) is 2.78. The van der Waals surface area contributed by atoms with Crippen LogP contribution in [0.15, 0.2) is 36.4 Å². The minimum Gasteiger partial charge on any atom is -0.486 e. The molecule has 0 aliphatic carbocycles. The van der Waals surface area contributed by atoms with Crippen molar-refractivity contribution >= 4 is 11.6 Å². The lowest BCUT2D eigenvalue weighted by molar-refractivity contribution is -0.116. The van der Waals surface area contributed by atoms with Gasteiger partial charge in [-0.3, -0.25) is 4.79 Å². The number of anilines is 1. The van der Waals surface area contributed by atoms with Gasteiger partial charge in [-0.1, -0.05) is 12.1 Å². The van der Waals surface area contributed by atoms with Crippen molar-refractivity contribution in [3.63, 3.8) is 0 Å². The lowest BCUT2D eigenvalue weighted by Gasteiger charge is -2.18. The maximum atomic E-state index is 13.5. The summed E-state index contributed by atoms with van der Waals surface area (Å²) in [7, 11) is 0. The van der Waals surface area contributed by atoms with Gasteiger partial charge in [-0.2, -0.15) is 0 Å². The Kier molecular flexibility index (Phi) is 4.46. The fraction of sp³-hybridized carbons (Fsp3) is 0.278. The number of hydrogen-bond acceptors (Lipinski definition) is 3. The maximum absolute atomic E-state index is 13.5. The Bertz CT molecular complexity index is 730. The van der Waals surface area contributed by atoms with Gasteiger partial charge in [-0.25, -0.2) is 4.39 Å². The summed E-state index contributed by atoms with van der Waals surface area (Å²) >= 11 is 0. The predicted octanol–water partition coefficient (Wildman–Crippen LogP) is 3.48. The molecular weight excluding hydrogens is 297 g/mol. The zero-order chi connectivity index (χ0) is 16.2. The van der Waals surface area contributed by atoms with E-state index in [0.29, 0.717) is 37.3 Å². The first-order valence-corrected chi connectivity index (χ1v) is 7.56. The van der Waals surface area contributed by atoms with E-state index in [0.717, 1.165) is 17.1 Å². The van der Waals surface area contributed by atoms with Crippen LogP contribution in [0.4, 0.5) is 10.1 Å². The van der Waals surface area contributed by atoms with E-state index in [4.69, 9.17) is 9.47 Å². The van der Waals surface area contributed by atoms with Crippen molar-refractivity contribution in [2.24, 2.45) is 0 Å². The van der Waals surface area contributed by atoms with Crippen LogP contribution in [0.3, 0.4) is 0 Å². The zero-order valence-electron chi connectivity index (χ0n) is 12.9. The molecule has 0 bridgehead atoms. The Morgan fingerprint density at radius 1 is 1.13 bits per heavy atom. The van der Waals surface area contributed by atoms with E-state index in [-0.39, 0.29) is 11.7 Å². The molecule has 1 aliphatic rings. The molecule has 3 rings (SSSR count). The molecular formula is C18H18FNO3. The highest BCUT2D eigenvalue weighted by atomic mass is 19.1. The molecule has 120 valence electrons. The molecule has 1 heterocycles. The van der Waals surface area contributed by atoms with Gasteiger partial charge in [0.05, 0.1) is 0 Å². The first kappa shape index (κ1) is 15.3. The van der Waals surface area contributed by atoms with Gasteiger partial charge in [0.1, 0.15) is 19.0 Å². The number of carbonyl (C=O) groups is 1. The van der Waals surface area contributed by atoms with Gasteiger partial charge >= 0.3 is 0 Å². The SMILES string of the molecule is Cc1ccc(NC(=O)CCc2ccc3c(c2)OCCO3)cc1F. The first-order valence-electron chi connectivity index (χ1n) is 7.56. The number of nitrogens with one attached hydrogen (secondary N) is 1. The number of amides is 1. The molecule has 2 aromatic carbocycles. The number of carbonyl (C=O) groups excluding carboxylic acids is 1. The minimum absolute atomic E-state index is 0.150. The second-order valence-corrected chi connectivity index (χ2v) is 5.49. The summed E-state index contributed by atoms with van der Waals surface area (Å²) in [4.78, 5) is 12.0. The smallest absolute Gasteiger partial charge is 0.224 e. The van der Waals surface area contributed by atoms with Crippen LogP contribution in [0.25, 0.3) is 0 Å². The number of rotatable bonds is 4. The predicted molar refractivity (Wildman–Crippen MR) is 85.5 cm³/mol. The van der Waals surface area contributed by atoms with Crippen molar-refractivity contribution in [3.05, 3.63) is 53.3 Å². The molecule has 1 aliphatic heterocycles. The Balaban J connectivity index is 1.57. The molecule has 1 amide bonds. The van der Waals surface area contributed by atoms with Crippen molar-refractivity contribution in [2.75, 3.05) is 18.5 Å². The monoisotopic (exact) mass is 315 g/mol. The highest BCUT2D eigenvalue weighted by molar-refractivity contribution is 5.90. The third-order valence-electron chi connectivity index (χ3n) is 3.70. The number of hydrogen-bond donors (Lipinski definition) is 1. The fourth-order valence-electron chi connectivity index (χ4n) is 2.40. The van der Waals surface area contributed by atoms with Gasteiger partial charge in [-0.15, -0.1) is 0 Å². The molecule has 0 fully saturated rings. The number of fused-ring (bicyclic) bond motifs is 1. The average molecular weight is 315 g/mol. The fourth-order valence-corrected chi connectivity index (χ4v) is 2.40. The third-order valence-corrected chi connectivity index (χ3v) is 3.70. The van der Waals surface area contributed by atoms with Crippen LogP contribution in [0.5, 0.6) is 11.5 Å². The summed E-state index contributed by atoms with van der Waals surface area (Å²) in [5.74, 6) is 0.979. The van der Waals surface area contributed by atoms with Gasteiger partial charge in [0, 0.05) is 12.1 Å². The Labute approximate surface area is 134 Å². The quantitative estimate of drug-likeness (QED) is 0.939. The molecule has 0 saturated carbocycles. The molecule has 4 nitrogen and oxygen atoms in total. The van der Waals surface area contributed by atoms with Gasteiger partial charge in [0.15, 0.2) is 11.5 Å². The second-order valence-electron chi connectivity index (χ2n) is 5.49.